The lowest BCUT2D eigenvalue weighted by molar-refractivity contribution is 0.0615. The summed E-state index contributed by atoms with van der Waals surface area (Å²) in [7, 11) is 0. The number of benzene rings is 2. The first-order valence-electron chi connectivity index (χ1n) is 9.58. The summed E-state index contributed by atoms with van der Waals surface area (Å²) in [6.45, 7) is 6.57. The van der Waals surface area contributed by atoms with Gasteiger partial charge in [0.25, 0.3) is 5.91 Å². The van der Waals surface area contributed by atoms with Crippen LogP contribution in [-0.4, -0.2) is 60.0 Å². The maximum absolute atomic E-state index is 12.8. The van der Waals surface area contributed by atoms with E-state index >= 15 is 0 Å². The molecule has 0 radical (unpaired) electrons. The van der Waals surface area contributed by atoms with Crippen molar-refractivity contribution in [3.8, 4) is 5.75 Å². The quantitative estimate of drug-likeness (QED) is 0.708. The molecule has 1 aliphatic heterocycles. The van der Waals surface area contributed by atoms with E-state index in [0.717, 1.165) is 60.0 Å². The van der Waals surface area contributed by atoms with Gasteiger partial charge in [-0.2, -0.15) is 0 Å². The van der Waals surface area contributed by atoms with E-state index in [-0.39, 0.29) is 5.91 Å². The van der Waals surface area contributed by atoms with E-state index in [1.54, 1.807) is 0 Å². The minimum absolute atomic E-state index is 0.0707. The molecule has 0 bridgehead atoms. The lowest BCUT2D eigenvalue weighted by atomic mass is 10.2. The van der Waals surface area contributed by atoms with Crippen LogP contribution in [0.1, 0.15) is 16.1 Å². The second-order valence-electron chi connectivity index (χ2n) is 7.16. The fraction of sp³-hybridized carbons (Fsp3) is 0.318. The SMILES string of the molecule is Cc1ccc(OCCN2CCN(C(=O)c3cc4ccccc4[nH]3)CC2)cc1Cl. The maximum atomic E-state index is 12.8. The second kappa shape index (κ2) is 8.25. The van der Waals surface area contributed by atoms with Crippen LogP contribution < -0.4 is 4.74 Å². The highest BCUT2D eigenvalue weighted by Gasteiger charge is 2.23. The van der Waals surface area contributed by atoms with Gasteiger partial charge in [0, 0.05) is 48.6 Å². The number of carbonyl (C=O) groups is 1. The van der Waals surface area contributed by atoms with E-state index in [4.69, 9.17) is 16.3 Å². The number of hydrogen-bond acceptors (Lipinski definition) is 3. The van der Waals surface area contributed by atoms with Crippen LogP contribution in [0.2, 0.25) is 5.02 Å². The van der Waals surface area contributed by atoms with Gasteiger partial charge in [-0.25, -0.2) is 0 Å². The van der Waals surface area contributed by atoms with Gasteiger partial charge < -0.3 is 14.6 Å². The second-order valence-corrected chi connectivity index (χ2v) is 7.57. The highest BCUT2D eigenvalue weighted by Crippen LogP contribution is 2.21. The molecule has 0 unspecified atom stereocenters. The van der Waals surface area contributed by atoms with E-state index in [1.165, 1.54) is 0 Å². The normalized spacial score (nSPS) is 15.1. The maximum Gasteiger partial charge on any atom is 0.270 e. The number of nitrogens with one attached hydrogen (secondary N) is 1. The van der Waals surface area contributed by atoms with Crippen LogP contribution >= 0.6 is 11.6 Å². The van der Waals surface area contributed by atoms with E-state index < -0.39 is 0 Å². The third-order valence-electron chi connectivity index (χ3n) is 5.24. The van der Waals surface area contributed by atoms with Gasteiger partial charge in [-0.05, 0) is 36.8 Å². The molecule has 2 aromatic carbocycles. The van der Waals surface area contributed by atoms with Crippen molar-refractivity contribution in [2.24, 2.45) is 0 Å². The number of H-pyrrole nitrogens is 1. The van der Waals surface area contributed by atoms with Crippen molar-refractivity contribution in [3.05, 3.63) is 64.8 Å². The Morgan fingerprint density at radius 2 is 1.89 bits per heavy atom. The number of para-hydroxylation sites is 1. The zero-order valence-electron chi connectivity index (χ0n) is 16.0. The zero-order chi connectivity index (χ0) is 19.5. The highest BCUT2D eigenvalue weighted by atomic mass is 35.5. The molecule has 4 rings (SSSR count). The molecule has 0 atom stereocenters. The van der Waals surface area contributed by atoms with Gasteiger partial charge in [0.15, 0.2) is 0 Å². The monoisotopic (exact) mass is 397 g/mol. The Labute approximate surface area is 169 Å². The summed E-state index contributed by atoms with van der Waals surface area (Å²) in [5, 5.41) is 1.79. The molecule has 1 fully saturated rings. The predicted molar refractivity (Wildman–Crippen MR) is 112 cm³/mol. The first-order valence-corrected chi connectivity index (χ1v) is 9.96. The van der Waals surface area contributed by atoms with Crippen LogP contribution in [0.3, 0.4) is 0 Å². The number of piperazine rings is 1. The van der Waals surface area contributed by atoms with Crippen molar-refractivity contribution in [1.29, 1.82) is 0 Å². The van der Waals surface area contributed by atoms with Gasteiger partial charge in [0.2, 0.25) is 0 Å². The Kier molecular flexibility index (Phi) is 5.55. The summed E-state index contributed by atoms with van der Waals surface area (Å²) >= 11 is 6.13. The molecule has 146 valence electrons. The number of amides is 1. The number of aryl methyl sites for hydroxylation is 1. The Morgan fingerprint density at radius 1 is 1.11 bits per heavy atom. The minimum Gasteiger partial charge on any atom is -0.492 e. The molecule has 0 aliphatic carbocycles. The average molecular weight is 398 g/mol. The summed E-state index contributed by atoms with van der Waals surface area (Å²) in [4.78, 5) is 20.2. The fourth-order valence-corrected chi connectivity index (χ4v) is 3.66. The fourth-order valence-electron chi connectivity index (χ4n) is 3.49. The van der Waals surface area contributed by atoms with Crippen LogP contribution in [0.4, 0.5) is 0 Å². The number of aromatic amines is 1. The number of aromatic nitrogens is 1. The molecule has 0 saturated carbocycles. The average Bonchev–Trinajstić information content (AvgIpc) is 3.15. The van der Waals surface area contributed by atoms with E-state index in [2.05, 4.69) is 9.88 Å². The summed E-state index contributed by atoms with van der Waals surface area (Å²) in [6.07, 6.45) is 0. The molecule has 3 aromatic rings. The summed E-state index contributed by atoms with van der Waals surface area (Å²) in [5.74, 6) is 0.865. The number of halogens is 1. The third kappa shape index (κ3) is 4.16. The smallest absolute Gasteiger partial charge is 0.270 e. The predicted octanol–water partition coefficient (Wildman–Crippen LogP) is 3.97. The number of fused-ring (bicyclic) bond motifs is 1. The molecular formula is C22H24ClN3O2. The molecule has 1 N–H and O–H groups in total. The van der Waals surface area contributed by atoms with Crippen molar-refractivity contribution in [3.63, 3.8) is 0 Å². The number of ether oxygens (including phenoxy) is 1. The van der Waals surface area contributed by atoms with Crippen LogP contribution in [0.25, 0.3) is 10.9 Å². The van der Waals surface area contributed by atoms with E-state index in [9.17, 15) is 4.79 Å². The van der Waals surface area contributed by atoms with Crippen molar-refractivity contribution < 1.29 is 9.53 Å². The molecule has 1 amide bonds. The minimum atomic E-state index is 0.0707. The third-order valence-corrected chi connectivity index (χ3v) is 5.65. The van der Waals surface area contributed by atoms with Crippen LogP contribution in [-0.2, 0) is 0 Å². The Balaban J connectivity index is 1.26. The molecule has 6 heteroatoms. The summed E-state index contributed by atoms with van der Waals surface area (Å²) in [5.41, 5.74) is 2.71. The lowest BCUT2D eigenvalue weighted by Gasteiger charge is -2.34. The molecule has 28 heavy (non-hydrogen) atoms. The van der Waals surface area contributed by atoms with Crippen LogP contribution in [0.15, 0.2) is 48.5 Å². The van der Waals surface area contributed by atoms with E-state index in [0.29, 0.717) is 12.3 Å². The van der Waals surface area contributed by atoms with Gasteiger partial charge >= 0.3 is 0 Å². The Bertz CT molecular complexity index is 944. The number of rotatable bonds is 5. The van der Waals surface area contributed by atoms with Crippen molar-refractivity contribution in [2.75, 3.05) is 39.3 Å². The molecule has 1 saturated heterocycles. The molecular weight excluding hydrogens is 374 g/mol. The summed E-state index contributed by atoms with van der Waals surface area (Å²) < 4.78 is 5.81. The first-order chi connectivity index (χ1) is 13.6. The van der Waals surface area contributed by atoms with Gasteiger partial charge in [-0.3, -0.25) is 9.69 Å². The molecule has 1 aliphatic rings. The molecule has 2 heterocycles. The topological polar surface area (TPSA) is 48.6 Å². The lowest BCUT2D eigenvalue weighted by Crippen LogP contribution is -2.49. The highest BCUT2D eigenvalue weighted by molar-refractivity contribution is 6.31. The number of nitrogens with zero attached hydrogens (tertiary/aromatic N) is 2. The zero-order valence-corrected chi connectivity index (χ0v) is 16.7. The van der Waals surface area contributed by atoms with Gasteiger partial charge in [-0.1, -0.05) is 35.9 Å². The first kappa shape index (κ1) is 18.8. The Hall–Kier alpha value is -2.50. The van der Waals surface area contributed by atoms with Gasteiger partial charge in [-0.15, -0.1) is 0 Å². The molecule has 1 aromatic heterocycles. The largest absolute Gasteiger partial charge is 0.492 e. The van der Waals surface area contributed by atoms with Gasteiger partial charge in [0.05, 0.1) is 0 Å². The molecule has 0 spiro atoms. The number of hydrogen-bond donors (Lipinski definition) is 1. The van der Waals surface area contributed by atoms with E-state index in [1.807, 2.05) is 60.4 Å². The standard InChI is InChI=1S/C22H24ClN3O2/c1-16-6-7-18(15-19(16)23)28-13-12-25-8-10-26(11-9-25)22(27)21-14-17-4-2-3-5-20(17)24-21/h2-7,14-15,24H,8-13H2,1H3. The van der Waals surface area contributed by atoms with Crippen LogP contribution in [0, 0.1) is 6.92 Å². The van der Waals surface area contributed by atoms with Crippen molar-refractivity contribution >= 4 is 28.4 Å². The molecule has 5 nitrogen and oxygen atoms in total. The van der Waals surface area contributed by atoms with Crippen molar-refractivity contribution in [1.82, 2.24) is 14.8 Å². The van der Waals surface area contributed by atoms with Gasteiger partial charge in [0.1, 0.15) is 18.1 Å². The van der Waals surface area contributed by atoms with Crippen molar-refractivity contribution in [2.45, 2.75) is 6.92 Å². The summed E-state index contributed by atoms with van der Waals surface area (Å²) in [6, 6.07) is 15.7. The Morgan fingerprint density at radius 3 is 2.64 bits per heavy atom. The number of carbonyl (C=O) groups excluding carboxylic acids is 1. The van der Waals surface area contributed by atoms with Crippen LogP contribution in [0.5, 0.6) is 5.75 Å².